The largest absolute Gasteiger partial charge is 0.497 e. The van der Waals surface area contributed by atoms with Crippen molar-refractivity contribution in [2.24, 2.45) is 0 Å². The van der Waals surface area contributed by atoms with Gasteiger partial charge in [-0.1, -0.05) is 0 Å². The lowest BCUT2D eigenvalue weighted by atomic mass is 9.92. The Morgan fingerprint density at radius 3 is 2.94 bits per heavy atom. The van der Waals surface area contributed by atoms with Crippen LogP contribution < -0.4 is 10.6 Å². The van der Waals surface area contributed by atoms with Gasteiger partial charge in [0, 0.05) is 6.54 Å². The molecule has 3 N–H and O–H groups in total. The molecule has 0 amide bonds. The Hall–Kier alpha value is -0.580. The standard InChI is InChI=1S/C12H22N2O2/c15-12(4-6-13-7-5-12)10-14-9-11-3-1-2-8-16-11/h3,13-15H,1-2,4-10H2. The summed E-state index contributed by atoms with van der Waals surface area (Å²) in [4.78, 5) is 0. The normalized spacial score (nSPS) is 24.7. The fourth-order valence-electron chi connectivity index (χ4n) is 2.22. The monoisotopic (exact) mass is 226 g/mol. The fourth-order valence-corrected chi connectivity index (χ4v) is 2.22. The second-order valence-electron chi connectivity index (χ2n) is 4.74. The molecule has 0 bridgehead atoms. The molecule has 0 atom stereocenters. The molecule has 0 unspecified atom stereocenters. The highest BCUT2D eigenvalue weighted by Crippen LogP contribution is 2.17. The van der Waals surface area contributed by atoms with Crippen LogP contribution in [0.25, 0.3) is 0 Å². The van der Waals surface area contributed by atoms with E-state index in [4.69, 9.17) is 4.74 Å². The molecule has 4 heteroatoms. The Morgan fingerprint density at radius 2 is 2.25 bits per heavy atom. The van der Waals surface area contributed by atoms with E-state index in [1.807, 2.05) is 0 Å². The van der Waals surface area contributed by atoms with Crippen LogP contribution in [-0.2, 0) is 4.74 Å². The highest BCUT2D eigenvalue weighted by molar-refractivity contribution is 4.98. The van der Waals surface area contributed by atoms with Crippen molar-refractivity contribution in [3.05, 3.63) is 11.8 Å². The molecule has 4 nitrogen and oxygen atoms in total. The molecular formula is C12H22N2O2. The summed E-state index contributed by atoms with van der Waals surface area (Å²) in [5, 5.41) is 16.8. The van der Waals surface area contributed by atoms with Crippen LogP contribution in [-0.4, -0.2) is 43.5 Å². The molecule has 2 aliphatic rings. The Balaban J connectivity index is 1.68. The van der Waals surface area contributed by atoms with E-state index in [9.17, 15) is 5.11 Å². The minimum atomic E-state index is -0.527. The number of aliphatic hydroxyl groups is 1. The summed E-state index contributed by atoms with van der Waals surface area (Å²) in [6.45, 7) is 4.07. The Kier molecular flexibility index (Phi) is 4.21. The third-order valence-electron chi connectivity index (χ3n) is 3.30. The molecule has 0 radical (unpaired) electrons. The molecular weight excluding hydrogens is 204 g/mol. The SMILES string of the molecule is OC1(CNCC2=CCCCO2)CCNCC1. The van der Waals surface area contributed by atoms with Crippen LogP contribution >= 0.6 is 0 Å². The van der Waals surface area contributed by atoms with Crippen molar-refractivity contribution in [2.75, 3.05) is 32.8 Å². The van der Waals surface area contributed by atoms with Crippen molar-refractivity contribution in [3.8, 4) is 0 Å². The summed E-state index contributed by atoms with van der Waals surface area (Å²) >= 11 is 0. The van der Waals surface area contributed by atoms with Crippen molar-refractivity contribution in [2.45, 2.75) is 31.3 Å². The molecule has 92 valence electrons. The first-order valence-corrected chi connectivity index (χ1v) is 6.24. The summed E-state index contributed by atoms with van der Waals surface area (Å²) in [7, 11) is 0. The second kappa shape index (κ2) is 5.66. The van der Waals surface area contributed by atoms with Crippen LogP contribution in [0.5, 0.6) is 0 Å². The van der Waals surface area contributed by atoms with Crippen LogP contribution in [0.3, 0.4) is 0 Å². The molecule has 2 rings (SSSR count). The zero-order valence-corrected chi connectivity index (χ0v) is 9.80. The first-order valence-electron chi connectivity index (χ1n) is 6.24. The fraction of sp³-hybridized carbons (Fsp3) is 0.833. The lowest BCUT2D eigenvalue weighted by Gasteiger charge is -2.33. The second-order valence-corrected chi connectivity index (χ2v) is 4.74. The predicted molar refractivity (Wildman–Crippen MR) is 63.2 cm³/mol. The molecule has 16 heavy (non-hydrogen) atoms. The Labute approximate surface area is 97.1 Å². The quantitative estimate of drug-likeness (QED) is 0.649. The van der Waals surface area contributed by atoms with Gasteiger partial charge in [-0.05, 0) is 44.8 Å². The number of piperidine rings is 1. The molecule has 2 aliphatic heterocycles. The highest BCUT2D eigenvalue weighted by atomic mass is 16.5. The zero-order chi connectivity index (χ0) is 11.3. The number of nitrogens with one attached hydrogen (secondary N) is 2. The minimum absolute atomic E-state index is 0.527. The van der Waals surface area contributed by atoms with Gasteiger partial charge < -0.3 is 20.5 Å². The molecule has 2 heterocycles. The van der Waals surface area contributed by atoms with Crippen molar-refractivity contribution >= 4 is 0 Å². The van der Waals surface area contributed by atoms with Crippen molar-refractivity contribution in [1.29, 1.82) is 0 Å². The number of ether oxygens (including phenoxy) is 1. The van der Waals surface area contributed by atoms with Gasteiger partial charge in [-0.25, -0.2) is 0 Å². The number of hydrogen-bond acceptors (Lipinski definition) is 4. The van der Waals surface area contributed by atoms with E-state index in [-0.39, 0.29) is 0 Å². The lowest BCUT2D eigenvalue weighted by molar-refractivity contribution is 0.0110. The van der Waals surface area contributed by atoms with E-state index in [1.165, 1.54) is 0 Å². The summed E-state index contributed by atoms with van der Waals surface area (Å²) in [6.07, 6.45) is 6.05. The zero-order valence-electron chi connectivity index (χ0n) is 9.80. The molecule has 1 fully saturated rings. The van der Waals surface area contributed by atoms with Gasteiger partial charge >= 0.3 is 0 Å². The molecule has 0 aromatic rings. The van der Waals surface area contributed by atoms with Gasteiger partial charge in [0.15, 0.2) is 0 Å². The number of allylic oxidation sites excluding steroid dienone is 1. The summed E-state index contributed by atoms with van der Waals surface area (Å²) in [6, 6.07) is 0. The average molecular weight is 226 g/mol. The third-order valence-corrected chi connectivity index (χ3v) is 3.30. The van der Waals surface area contributed by atoms with E-state index >= 15 is 0 Å². The first-order chi connectivity index (χ1) is 7.79. The minimum Gasteiger partial charge on any atom is -0.497 e. The van der Waals surface area contributed by atoms with Crippen molar-refractivity contribution in [1.82, 2.24) is 10.6 Å². The van der Waals surface area contributed by atoms with E-state index < -0.39 is 5.60 Å². The van der Waals surface area contributed by atoms with Gasteiger partial charge in [0.2, 0.25) is 0 Å². The molecule has 0 spiro atoms. The summed E-state index contributed by atoms with van der Waals surface area (Å²) in [5.41, 5.74) is -0.527. The first kappa shape index (κ1) is 11.9. The molecule has 0 saturated carbocycles. The van der Waals surface area contributed by atoms with Crippen LogP contribution in [0, 0.1) is 0 Å². The Morgan fingerprint density at radius 1 is 1.44 bits per heavy atom. The van der Waals surface area contributed by atoms with E-state index in [1.54, 1.807) is 0 Å². The van der Waals surface area contributed by atoms with Crippen LogP contribution in [0.15, 0.2) is 11.8 Å². The average Bonchev–Trinajstić information content (AvgIpc) is 2.31. The summed E-state index contributed by atoms with van der Waals surface area (Å²) in [5.74, 6) is 1.03. The van der Waals surface area contributed by atoms with Gasteiger partial charge in [0.05, 0.1) is 18.8 Å². The number of hydrogen-bond donors (Lipinski definition) is 3. The lowest BCUT2D eigenvalue weighted by Crippen LogP contribution is -2.48. The topological polar surface area (TPSA) is 53.5 Å². The Bertz CT molecular complexity index is 247. The smallest absolute Gasteiger partial charge is 0.106 e. The van der Waals surface area contributed by atoms with Crippen molar-refractivity contribution in [3.63, 3.8) is 0 Å². The predicted octanol–water partition coefficient (Wildman–Crippen LogP) is 0.385. The van der Waals surface area contributed by atoms with Gasteiger partial charge in [0.1, 0.15) is 5.76 Å². The van der Waals surface area contributed by atoms with Gasteiger partial charge in [0.25, 0.3) is 0 Å². The third kappa shape index (κ3) is 3.47. The maximum atomic E-state index is 10.2. The van der Waals surface area contributed by atoms with Crippen LogP contribution in [0.4, 0.5) is 0 Å². The van der Waals surface area contributed by atoms with E-state index in [0.717, 1.165) is 57.7 Å². The van der Waals surface area contributed by atoms with Gasteiger partial charge in [-0.2, -0.15) is 0 Å². The van der Waals surface area contributed by atoms with Gasteiger partial charge in [-0.15, -0.1) is 0 Å². The van der Waals surface area contributed by atoms with E-state index in [2.05, 4.69) is 16.7 Å². The van der Waals surface area contributed by atoms with Crippen LogP contribution in [0.1, 0.15) is 25.7 Å². The summed E-state index contributed by atoms with van der Waals surface area (Å²) < 4.78 is 5.50. The van der Waals surface area contributed by atoms with Crippen LogP contribution in [0.2, 0.25) is 0 Å². The van der Waals surface area contributed by atoms with Gasteiger partial charge in [-0.3, -0.25) is 0 Å². The maximum absolute atomic E-state index is 10.2. The molecule has 1 saturated heterocycles. The van der Waals surface area contributed by atoms with Crippen molar-refractivity contribution < 1.29 is 9.84 Å². The highest BCUT2D eigenvalue weighted by Gasteiger charge is 2.28. The molecule has 0 aromatic heterocycles. The number of rotatable bonds is 4. The molecule has 0 aliphatic carbocycles. The maximum Gasteiger partial charge on any atom is 0.106 e. The van der Waals surface area contributed by atoms with E-state index in [0.29, 0.717) is 6.54 Å². The molecule has 0 aromatic carbocycles.